The van der Waals surface area contributed by atoms with E-state index in [1.54, 1.807) is 37.6 Å². The van der Waals surface area contributed by atoms with E-state index in [-0.39, 0.29) is 17.2 Å². The predicted octanol–water partition coefficient (Wildman–Crippen LogP) is 5.24. The van der Waals surface area contributed by atoms with Gasteiger partial charge in [-0.3, -0.25) is 14.4 Å². The average molecular weight is 562 g/mol. The van der Waals surface area contributed by atoms with E-state index in [0.29, 0.717) is 57.1 Å². The maximum atomic E-state index is 14.4. The van der Waals surface area contributed by atoms with Crippen LogP contribution in [0.1, 0.15) is 67.4 Å². The van der Waals surface area contributed by atoms with Crippen molar-refractivity contribution in [3.8, 4) is 0 Å². The molecule has 0 aliphatic carbocycles. The Labute approximate surface area is 231 Å². The highest BCUT2D eigenvalue weighted by molar-refractivity contribution is 5.98. The first-order valence-electron chi connectivity index (χ1n) is 13.4. The number of amides is 3. The summed E-state index contributed by atoms with van der Waals surface area (Å²) in [6, 6.07) is 10.5. The molecule has 2 saturated heterocycles. The van der Waals surface area contributed by atoms with Crippen molar-refractivity contribution in [1.29, 1.82) is 0 Å². The summed E-state index contributed by atoms with van der Waals surface area (Å²) in [4.78, 5) is 42.8. The van der Waals surface area contributed by atoms with Crippen LogP contribution in [0.15, 0.2) is 48.5 Å². The van der Waals surface area contributed by atoms with Gasteiger partial charge in [0.2, 0.25) is 11.8 Å². The fourth-order valence-corrected chi connectivity index (χ4v) is 5.89. The second kappa shape index (κ2) is 10.9. The zero-order valence-electron chi connectivity index (χ0n) is 23.1. The van der Waals surface area contributed by atoms with E-state index in [4.69, 9.17) is 0 Å². The van der Waals surface area contributed by atoms with Gasteiger partial charge in [-0.05, 0) is 47.4 Å². The van der Waals surface area contributed by atoms with E-state index in [1.165, 1.54) is 0 Å². The fourth-order valence-electron chi connectivity index (χ4n) is 5.89. The highest BCUT2D eigenvalue weighted by Gasteiger charge is 2.49. The Morgan fingerprint density at radius 3 is 2.23 bits per heavy atom. The summed E-state index contributed by atoms with van der Waals surface area (Å²) in [7, 11) is 1.80. The van der Waals surface area contributed by atoms with Gasteiger partial charge in [0, 0.05) is 39.0 Å². The lowest BCUT2D eigenvalue weighted by molar-refractivity contribution is -0.144. The van der Waals surface area contributed by atoms with Gasteiger partial charge < -0.3 is 15.1 Å². The number of alkyl halides is 3. The summed E-state index contributed by atoms with van der Waals surface area (Å²) in [6.45, 7) is 6.49. The molecule has 0 saturated carbocycles. The molecule has 2 aliphatic heterocycles. The fraction of sp³-hybridized carbons (Fsp3) is 0.500. The summed E-state index contributed by atoms with van der Waals surface area (Å²) in [5, 5.41) is 2.51. The van der Waals surface area contributed by atoms with Crippen LogP contribution in [0.3, 0.4) is 0 Å². The number of likely N-dealkylation sites (N-methyl/N-ethyl adjacent to an activating group) is 1. The molecule has 2 aromatic carbocycles. The molecular weight excluding hydrogens is 526 g/mol. The zero-order chi connectivity index (χ0) is 29.5. The topological polar surface area (TPSA) is 69.7 Å². The van der Waals surface area contributed by atoms with Crippen LogP contribution in [0.5, 0.6) is 0 Å². The van der Waals surface area contributed by atoms with Crippen LogP contribution in [-0.2, 0) is 15.8 Å². The molecule has 2 atom stereocenters. The number of nitrogens with zero attached hydrogens (tertiary/aromatic N) is 2. The van der Waals surface area contributed by atoms with Gasteiger partial charge in [-0.15, -0.1) is 0 Å². The van der Waals surface area contributed by atoms with Crippen LogP contribution in [0.25, 0.3) is 0 Å². The number of hydrogen-bond donors (Lipinski definition) is 1. The van der Waals surface area contributed by atoms with Gasteiger partial charge in [0.15, 0.2) is 0 Å². The first kappa shape index (κ1) is 29.6. The second-order valence-corrected chi connectivity index (χ2v) is 12.1. The number of carbonyl (C=O) groups is 3. The summed E-state index contributed by atoms with van der Waals surface area (Å²) >= 11 is 0. The molecule has 1 unspecified atom stereocenters. The minimum atomic E-state index is -4.75. The van der Waals surface area contributed by atoms with Crippen molar-refractivity contribution in [3.05, 3.63) is 71.0 Å². The molecule has 2 heterocycles. The summed E-state index contributed by atoms with van der Waals surface area (Å²) in [5.41, 5.74) is -1.91. The van der Waals surface area contributed by atoms with Crippen molar-refractivity contribution in [1.82, 2.24) is 15.1 Å². The molecule has 1 spiro atoms. The lowest BCUT2D eigenvalue weighted by Gasteiger charge is -2.51. The summed E-state index contributed by atoms with van der Waals surface area (Å²) in [5.74, 6) is -2.41. The maximum Gasteiger partial charge on any atom is 0.416 e. The Hall–Kier alpha value is -3.43. The first-order chi connectivity index (χ1) is 18.6. The van der Waals surface area contributed by atoms with Gasteiger partial charge >= 0.3 is 6.18 Å². The predicted molar refractivity (Wildman–Crippen MR) is 142 cm³/mol. The third-order valence-corrected chi connectivity index (χ3v) is 8.32. The molecule has 2 fully saturated rings. The lowest BCUT2D eigenvalue weighted by Crippen LogP contribution is -2.58. The molecule has 0 radical (unpaired) electrons. The van der Waals surface area contributed by atoms with E-state index in [1.807, 2.05) is 18.2 Å². The minimum Gasteiger partial charge on any atom is -0.345 e. The SMILES string of the molecule is CN1CC(c2ccccc2)C2(CCN(C(=O)[C@@H](NC(=O)c3cc(C(F)(F)F)ccc3F)C(C)(C)C)CC2)CC1=O. The number of benzene rings is 2. The Morgan fingerprint density at radius 1 is 1.02 bits per heavy atom. The quantitative estimate of drug-likeness (QED) is 0.519. The zero-order valence-corrected chi connectivity index (χ0v) is 23.1. The summed E-state index contributed by atoms with van der Waals surface area (Å²) < 4.78 is 53.9. The molecule has 4 rings (SSSR count). The number of carbonyl (C=O) groups excluding carboxylic acids is 3. The van der Waals surface area contributed by atoms with Crippen molar-refractivity contribution < 1.29 is 31.9 Å². The van der Waals surface area contributed by atoms with Crippen LogP contribution < -0.4 is 5.32 Å². The molecule has 6 nitrogen and oxygen atoms in total. The van der Waals surface area contributed by atoms with E-state index in [9.17, 15) is 31.9 Å². The Kier molecular flexibility index (Phi) is 8.02. The van der Waals surface area contributed by atoms with Crippen molar-refractivity contribution in [2.24, 2.45) is 10.8 Å². The highest BCUT2D eigenvalue weighted by Crippen LogP contribution is 2.50. The van der Waals surface area contributed by atoms with Gasteiger partial charge in [-0.1, -0.05) is 51.1 Å². The maximum absolute atomic E-state index is 14.4. The number of likely N-dealkylation sites (tertiary alicyclic amines) is 2. The third kappa shape index (κ3) is 6.00. The van der Waals surface area contributed by atoms with Crippen LogP contribution >= 0.6 is 0 Å². The highest BCUT2D eigenvalue weighted by atomic mass is 19.4. The van der Waals surface area contributed by atoms with Gasteiger partial charge in [0.05, 0.1) is 11.1 Å². The van der Waals surface area contributed by atoms with E-state index >= 15 is 0 Å². The van der Waals surface area contributed by atoms with Gasteiger partial charge in [-0.25, -0.2) is 4.39 Å². The molecule has 0 aromatic heterocycles. The molecule has 40 heavy (non-hydrogen) atoms. The van der Waals surface area contributed by atoms with Crippen LogP contribution in [0.4, 0.5) is 17.6 Å². The summed E-state index contributed by atoms with van der Waals surface area (Å²) in [6.07, 6.45) is -3.20. The standard InChI is InChI=1S/C30H35F4N3O3/c1-28(2,3)25(35-26(39)21-16-20(30(32,33)34)10-11-23(21)31)27(40)37-14-12-29(13-15-37)17-24(38)36(4)18-22(29)19-8-6-5-7-9-19/h5-11,16,22,25H,12-15,17-18H2,1-4H3,(H,35,39)/t22?,25-/m1/s1. The molecule has 2 aromatic rings. The number of halogens is 4. The number of hydrogen-bond acceptors (Lipinski definition) is 3. The van der Waals surface area contributed by atoms with E-state index < -0.39 is 46.4 Å². The first-order valence-corrected chi connectivity index (χ1v) is 13.4. The van der Waals surface area contributed by atoms with Crippen LogP contribution in [0, 0.1) is 16.6 Å². The van der Waals surface area contributed by atoms with Gasteiger partial charge in [0.1, 0.15) is 11.9 Å². The number of nitrogens with one attached hydrogen (secondary N) is 1. The Bertz CT molecular complexity index is 1270. The second-order valence-electron chi connectivity index (χ2n) is 12.1. The minimum absolute atomic E-state index is 0.0647. The van der Waals surface area contributed by atoms with Crippen molar-refractivity contribution in [3.63, 3.8) is 0 Å². The van der Waals surface area contributed by atoms with E-state index in [0.717, 1.165) is 5.56 Å². The van der Waals surface area contributed by atoms with Crippen LogP contribution in [-0.4, -0.2) is 60.2 Å². The molecule has 216 valence electrons. The molecule has 10 heteroatoms. The smallest absolute Gasteiger partial charge is 0.345 e. The van der Waals surface area contributed by atoms with Crippen molar-refractivity contribution in [2.75, 3.05) is 26.7 Å². The van der Waals surface area contributed by atoms with Gasteiger partial charge in [0.25, 0.3) is 5.91 Å². The molecule has 0 bridgehead atoms. The monoisotopic (exact) mass is 561 g/mol. The Morgan fingerprint density at radius 2 is 1.65 bits per heavy atom. The van der Waals surface area contributed by atoms with Crippen molar-refractivity contribution in [2.45, 2.75) is 58.2 Å². The number of piperidine rings is 2. The number of rotatable bonds is 4. The molecule has 2 aliphatic rings. The van der Waals surface area contributed by atoms with E-state index in [2.05, 4.69) is 17.4 Å². The Balaban J connectivity index is 1.53. The van der Waals surface area contributed by atoms with Crippen LogP contribution in [0.2, 0.25) is 0 Å². The van der Waals surface area contributed by atoms with Crippen molar-refractivity contribution >= 4 is 17.7 Å². The largest absolute Gasteiger partial charge is 0.416 e. The average Bonchev–Trinajstić information content (AvgIpc) is 2.89. The lowest BCUT2D eigenvalue weighted by atomic mass is 9.62. The molecule has 3 amide bonds. The normalized spacial score (nSPS) is 20.4. The molecular formula is C30H35F4N3O3. The van der Waals surface area contributed by atoms with Gasteiger partial charge in [-0.2, -0.15) is 13.2 Å². The molecule has 1 N–H and O–H groups in total. The third-order valence-electron chi connectivity index (χ3n) is 8.32.